The van der Waals surface area contributed by atoms with Crippen molar-refractivity contribution in [1.29, 1.82) is 0 Å². The number of hydrogen-bond donors (Lipinski definition) is 3. The van der Waals surface area contributed by atoms with Gasteiger partial charge in [-0.25, -0.2) is 4.98 Å². The fraction of sp³-hybridized carbons (Fsp3) is 0.591. The first-order chi connectivity index (χ1) is 14.1. The fourth-order valence-corrected chi connectivity index (χ4v) is 4.68. The van der Waals surface area contributed by atoms with Gasteiger partial charge in [0.1, 0.15) is 0 Å². The highest BCUT2D eigenvalue weighted by Crippen LogP contribution is 2.33. The van der Waals surface area contributed by atoms with Gasteiger partial charge in [0.25, 0.3) is 5.56 Å². The Hall–Kier alpha value is -1.96. The van der Waals surface area contributed by atoms with Gasteiger partial charge in [0.05, 0.1) is 35.3 Å². The van der Waals surface area contributed by atoms with E-state index < -0.39 is 17.5 Å². The number of nitrogens with zero attached hydrogens (tertiary/aromatic N) is 2. The van der Waals surface area contributed by atoms with Gasteiger partial charge < -0.3 is 15.5 Å². The van der Waals surface area contributed by atoms with E-state index >= 15 is 0 Å². The van der Waals surface area contributed by atoms with Crippen LogP contribution in [-0.2, 0) is 11.3 Å². The summed E-state index contributed by atoms with van der Waals surface area (Å²) in [6, 6.07) is 3.38. The Kier molecular flexibility index (Phi) is 6.84. The number of aliphatic hydroxyl groups is 1. The third-order valence-corrected chi connectivity index (χ3v) is 6.31. The summed E-state index contributed by atoms with van der Waals surface area (Å²) in [5.41, 5.74) is 0.394. The van der Waals surface area contributed by atoms with Gasteiger partial charge >= 0.3 is 5.97 Å². The summed E-state index contributed by atoms with van der Waals surface area (Å²) >= 11 is 6.10. The van der Waals surface area contributed by atoms with E-state index in [1.54, 1.807) is 26.0 Å². The van der Waals surface area contributed by atoms with Crippen molar-refractivity contribution < 1.29 is 15.0 Å². The third kappa shape index (κ3) is 5.02. The minimum atomic E-state index is -0.816. The van der Waals surface area contributed by atoms with Crippen LogP contribution in [0.5, 0.6) is 0 Å². The smallest absolute Gasteiger partial charge is 0.309 e. The summed E-state index contributed by atoms with van der Waals surface area (Å²) in [7, 11) is 0. The quantitative estimate of drug-likeness (QED) is 0.617. The molecule has 3 atom stereocenters. The van der Waals surface area contributed by atoms with Gasteiger partial charge in [-0.05, 0) is 76.6 Å². The van der Waals surface area contributed by atoms with Crippen LogP contribution in [0, 0.1) is 18.3 Å². The highest BCUT2D eigenvalue weighted by Gasteiger charge is 2.35. The maximum atomic E-state index is 12.9. The van der Waals surface area contributed by atoms with Crippen molar-refractivity contribution in [2.24, 2.45) is 11.3 Å². The monoisotopic (exact) mass is 435 g/mol. The van der Waals surface area contributed by atoms with E-state index in [-0.39, 0.29) is 24.1 Å². The molecule has 3 rings (SSSR count). The van der Waals surface area contributed by atoms with Gasteiger partial charge in [0, 0.05) is 11.1 Å². The topological polar surface area (TPSA) is 104 Å². The van der Waals surface area contributed by atoms with Crippen LogP contribution in [0.2, 0.25) is 5.02 Å². The van der Waals surface area contributed by atoms with E-state index in [4.69, 9.17) is 11.6 Å². The SMILES string of the molecule is Cc1cc(Cl)cc2c(=O)n(C[C@@H](O)CC3NCCCC3CC(C)(C)C(=O)O)cnc12. The minimum Gasteiger partial charge on any atom is -0.481 e. The predicted octanol–water partition coefficient (Wildman–Crippen LogP) is 2.98. The lowest BCUT2D eigenvalue weighted by atomic mass is 9.75. The Morgan fingerprint density at radius 2 is 2.17 bits per heavy atom. The molecule has 7 nitrogen and oxygen atoms in total. The number of fused-ring (bicyclic) bond motifs is 1. The Bertz CT molecular complexity index is 988. The van der Waals surface area contributed by atoms with E-state index in [0.29, 0.717) is 28.8 Å². The second-order valence-corrected chi connectivity index (χ2v) is 9.50. The second kappa shape index (κ2) is 9.04. The molecule has 1 saturated heterocycles. The van der Waals surface area contributed by atoms with Gasteiger partial charge in [-0.3, -0.25) is 14.2 Å². The maximum Gasteiger partial charge on any atom is 0.309 e. The first kappa shape index (κ1) is 22.7. The van der Waals surface area contributed by atoms with Gasteiger partial charge in [0.15, 0.2) is 0 Å². The molecule has 30 heavy (non-hydrogen) atoms. The number of carboxylic acid groups (broad SMARTS) is 1. The van der Waals surface area contributed by atoms with Gasteiger partial charge in [-0.2, -0.15) is 0 Å². The number of carbonyl (C=O) groups is 1. The van der Waals surface area contributed by atoms with Crippen LogP contribution in [-0.4, -0.2) is 44.4 Å². The normalized spacial score (nSPS) is 21.0. The molecule has 1 fully saturated rings. The molecule has 2 aromatic rings. The highest BCUT2D eigenvalue weighted by atomic mass is 35.5. The van der Waals surface area contributed by atoms with Crippen molar-refractivity contribution in [2.75, 3.05) is 6.54 Å². The summed E-state index contributed by atoms with van der Waals surface area (Å²) in [5, 5.41) is 24.5. The molecular weight excluding hydrogens is 406 g/mol. The number of piperidine rings is 1. The molecule has 2 heterocycles. The summed E-state index contributed by atoms with van der Waals surface area (Å²) in [5.74, 6) is -0.650. The number of aryl methyl sites for hydroxylation is 1. The summed E-state index contributed by atoms with van der Waals surface area (Å²) < 4.78 is 1.42. The lowest BCUT2D eigenvalue weighted by Crippen LogP contribution is -2.46. The molecule has 2 unspecified atom stereocenters. The Balaban J connectivity index is 1.74. The Morgan fingerprint density at radius 3 is 2.87 bits per heavy atom. The highest BCUT2D eigenvalue weighted by molar-refractivity contribution is 6.31. The molecule has 1 aromatic heterocycles. The third-order valence-electron chi connectivity index (χ3n) is 6.09. The zero-order chi connectivity index (χ0) is 22.1. The molecule has 1 aliphatic rings. The molecule has 3 N–H and O–H groups in total. The first-order valence-corrected chi connectivity index (χ1v) is 10.8. The van der Waals surface area contributed by atoms with E-state index in [2.05, 4.69) is 10.3 Å². The number of aliphatic hydroxyl groups excluding tert-OH is 1. The lowest BCUT2D eigenvalue weighted by Gasteiger charge is -2.37. The molecule has 0 aliphatic carbocycles. The number of rotatable bonds is 7. The van der Waals surface area contributed by atoms with Crippen LogP contribution in [0.15, 0.2) is 23.3 Å². The average Bonchev–Trinajstić information content (AvgIpc) is 2.65. The van der Waals surface area contributed by atoms with Crippen LogP contribution in [0.4, 0.5) is 0 Å². The summed E-state index contributed by atoms with van der Waals surface area (Å²) in [6.07, 6.45) is 3.61. The number of benzene rings is 1. The number of halogens is 1. The number of aliphatic carboxylic acids is 1. The number of carboxylic acids is 1. The van der Waals surface area contributed by atoms with Crippen LogP contribution >= 0.6 is 11.6 Å². The van der Waals surface area contributed by atoms with Crippen LogP contribution in [0.3, 0.4) is 0 Å². The van der Waals surface area contributed by atoms with E-state index in [0.717, 1.165) is 24.9 Å². The van der Waals surface area contributed by atoms with Crippen molar-refractivity contribution in [3.05, 3.63) is 39.4 Å². The molecule has 8 heteroatoms. The number of nitrogens with one attached hydrogen (secondary N) is 1. The predicted molar refractivity (Wildman–Crippen MR) is 117 cm³/mol. The average molecular weight is 436 g/mol. The molecule has 0 saturated carbocycles. The van der Waals surface area contributed by atoms with Gasteiger partial charge in [-0.1, -0.05) is 11.6 Å². The van der Waals surface area contributed by atoms with Crippen LogP contribution in [0.1, 0.15) is 45.1 Å². The molecule has 0 radical (unpaired) electrons. The maximum absolute atomic E-state index is 12.9. The standard InChI is InChI=1S/C22H30ClN3O4/c1-13-7-15(23)8-17-19(13)25-12-26(20(17)28)11-16(27)9-18-14(5-4-6-24-18)10-22(2,3)21(29)30/h7-8,12,14,16,18,24,27H,4-6,9-11H2,1-3H3,(H,29,30)/t14?,16-,18?/m0/s1. The lowest BCUT2D eigenvalue weighted by molar-refractivity contribution is -0.148. The Morgan fingerprint density at radius 1 is 1.43 bits per heavy atom. The largest absolute Gasteiger partial charge is 0.481 e. The molecule has 0 amide bonds. The van der Waals surface area contributed by atoms with Crippen molar-refractivity contribution in [1.82, 2.24) is 14.9 Å². The number of aromatic nitrogens is 2. The molecule has 0 spiro atoms. The van der Waals surface area contributed by atoms with Crippen molar-refractivity contribution in [3.8, 4) is 0 Å². The molecule has 1 aliphatic heterocycles. The first-order valence-electron chi connectivity index (χ1n) is 10.4. The van der Waals surface area contributed by atoms with Crippen molar-refractivity contribution in [2.45, 2.75) is 65.1 Å². The van der Waals surface area contributed by atoms with Crippen LogP contribution in [0.25, 0.3) is 10.9 Å². The van der Waals surface area contributed by atoms with Crippen molar-refractivity contribution >= 4 is 28.5 Å². The van der Waals surface area contributed by atoms with Gasteiger partial charge in [-0.15, -0.1) is 0 Å². The van der Waals surface area contributed by atoms with Gasteiger partial charge in [0.2, 0.25) is 0 Å². The minimum absolute atomic E-state index is 0.00758. The molecule has 164 valence electrons. The van der Waals surface area contributed by atoms with Crippen molar-refractivity contribution in [3.63, 3.8) is 0 Å². The summed E-state index contributed by atoms with van der Waals surface area (Å²) in [6.45, 7) is 6.31. The molecule has 0 bridgehead atoms. The van der Waals surface area contributed by atoms with E-state index in [9.17, 15) is 19.8 Å². The molecule has 1 aromatic carbocycles. The van der Waals surface area contributed by atoms with Crippen LogP contribution < -0.4 is 10.9 Å². The summed E-state index contributed by atoms with van der Waals surface area (Å²) in [4.78, 5) is 28.8. The zero-order valence-corrected chi connectivity index (χ0v) is 18.4. The Labute approximate surface area is 181 Å². The van der Waals surface area contributed by atoms with E-state index in [1.165, 1.54) is 10.9 Å². The van der Waals surface area contributed by atoms with E-state index in [1.807, 2.05) is 6.92 Å². The molecular formula is C22H30ClN3O4. The number of hydrogen-bond acceptors (Lipinski definition) is 5. The second-order valence-electron chi connectivity index (χ2n) is 9.07. The fourth-order valence-electron chi connectivity index (χ4n) is 4.41. The zero-order valence-electron chi connectivity index (χ0n) is 17.7.